The number of rotatable bonds is 6. The smallest absolute Gasteiger partial charge is 0.246 e. The molecule has 2 aromatic rings. The molecule has 6 nitrogen and oxygen atoms in total. The lowest BCUT2D eigenvalue weighted by Gasteiger charge is -2.17. The van der Waals surface area contributed by atoms with Crippen molar-refractivity contribution in [3.05, 3.63) is 48.0 Å². The Kier molecular flexibility index (Phi) is 5.78. The van der Waals surface area contributed by atoms with Crippen molar-refractivity contribution >= 4 is 33.4 Å². The Labute approximate surface area is 164 Å². The van der Waals surface area contributed by atoms with E-state index in [9.17, 15) is 13.2 Å². The molecule has 1 atom stereocenters. The fourth-order valence-electron chi connectivity index (χ4n) is 2.81. The highest BCUT2D eigenvalue weighted by atomic mass is 32.2. The average Bonchev–Trinajstić information content (AvgIpc) is 3.07. The highest BCUT2D eigenvalue weighted by molar-refractivity contribution is 8.01. The van der Waals surface area contributed by atoms with Crippen molar-refractivity contribution in [2.75, 3.05) is 26.0 Å². The van der Waals surface area contributed by atoms with E-state index in [1.165, 1.54) is 31.9 Å². The zero-order valence-electron chi connectivity index (χ0n) is 15.4. The van der Waals surface area contributed by atoms with Crippen LogP contribution in [0.25, 0.3) is 0 Å². The molecule has 0 saturated carbocycles. The molecule has 0 unspecified atom stereocenters. The van der Waals surface area contributed by atoms with Crippen LogP contribution in [0.5, 0.6) is 5.75 Å². The summed E-state index contributed by atoms with van der Waals surface area (Å²) in [5.74, 6) is 0.125. The van der Waals surface area contributed by atoms with Crippen LogP contribution in [0, 0.1) is 0 Å². The summed E-state index contributed by atoms with van der Waals surface area (Å²) in [5, 5.41) is 2.61. The van der Waals surface area contributed by atoms with Crippen LogP contribution in [0.15, 0.2) is 52.3 Å². The molecule has 1 aliphatic rings. The normalized spacial score (nSPS) is 16.2. The van der Waals surface area contributed by atoms with Crippen LogP contribution < -0.4 is 10.1 Å². The summed E-state index contributed by atoms with van der Waals surface area (Å²) in [7, 11) is -0.777. The van der Waals surface area contributed by atoms with E-state index >= 15 is 0 Å². The van der Waals surface area contributed by atoms with Crippen molar-refractivity contribution < 1.29 is 17.9 Å². The molecule has 27 heavy (non-hydrogen) atoms. The van der Waals surface area contributed by atoms with E-state index in [0.29, 0.717) is 18.7 Å². The van der Waals surface area contributed by atoms with E-state index in [-0.39, 0.29) is 21.8 Å². The third-order valence-corrected chi connectivity index (χ3v) is 7.36. The Morgan fingerprint density at radius 2 is 2.00 bits per heavy atom. The molecule has 0 aliphatic carbocycles. The fourth-order valence-corrected chi connectivity index (χ4v) is 5.06. The maximum Gasteiger partial charge on any atom is 0.246 e. The Morgan fingerprint density at radius 1 is 1.26 bits per heavy atom. The van der Waals surface area contributed by atoms with Gasteiger partial charge in [-0.3, -0.25) is 4.79 Å². The highest BCUT2D eigenvalue weighted by Gasteiger charge is 2.29. The standard InChI is InChI=1S/C19H22N2O4S2/c1-4-25-15-10-9-14(12-18(15)27(23,24)21(2)3)20-19(22)17-11-13-7-5-6-8-16(13)26-17/h5-10,12,17H,4,11H2,1-3H3,(H,20,22)/t17-/m0/s1. The van der Waals surface area contributed by atoms with E-state index in [0.717, 1.165) is 14.8 Å². The monoisotopic (exact) mass is 406 g/mol. The summed E-state index contributed by atoms with van der Waals surface area (Å²) < 4.78 is 31.8. The number of anilines is 1. The minimum absolute atomic E-state index is 0.0366. The number of thioether (sulfide) groups is 1. The molecule has 8 heteroatoms. The molecule has 1 heterocycles. The van der Waals surface area contributed by atoms with Gasteiger partial charge >= 0.3 is 0 Å². The number of benzene rings is 2. The first-order chi connectivity index (χ1) is 12.8. The van der Waals surface area contributed by atoms with Gasteiger partial charge in [0.15, 0.2) is 0 Å². The number of carbonyl (C=O) groups excluding carboxylic acids is 1. The highest BCUT2D eigenvalue weighted by Crippen LogP contribution is 2.37. The summed E-state index contributed by atoms with van der Waals surface area (Å²) in [6.07, 6.45) is 0.659. The lowest BCUT2D eigenvalue weighted by Crippen LogP contribution is -2.26. The number of hydrogen-bond acceptors (Lipinski definition) is 5. The van der Waals surface area contributed by atoms with Gasteiger partial charge in [0, 0.05) is 24.7 Å². The second-order valence-corrected chi connectivity index (χ2v) is 9.65. The number of nitrogens with zero attached hydrogens (tertiary/aromatic N) is 1. The minimum Gasteiger partial charge on any atom is -0.492 e. The van der Waals surface area contributed by atoms with Gasteiger partial charge in [-0.2, -0.15) is 0 Å². The van der Waals surface area contributed by atoms with Gasteiger partial charge in [-0.15, -0.1) is 11.8 Å². The van der Waals surface area contributed by atoms with Crippen LogP contribution in [-0.2, 0) is 21.2 Å². The number of carbonyl (C=O) groups is 1. The summed E-state index contributed by atoms with van der Waals surface area (Å²) >= 11 is 1.53. The lowest BCUT2D eigenvalue weighted by atomic mass is 10.1. The molecule has 0 aromatic heterocycles. The maximum atomic E-state index is 12.7. The third kappa shape index (κ3) is 4.12. The molecule has 1 amide bonds. The van der Waals surface area contributed by atoms with E-state index in [1.54, 1.807) is 19.1 Å². The van der Waals surface area contributed by atoms with Crippen LogP contribution in [0.2, 0.25) is 0 Å². The van der Waals surface area contributed by atoms with E-state index in [1.807, 2.05) is 24.3 Å². The molecule has 144 valence electrons. The van der Waals surface area contributed by atoms with Crippen molar-refractivity contribution in [2.24, 2.45) is 0 Å². The van der Waals surface area contributed by atoms with Crippen molar-refractivity contribution in [3.8, 4) is 5.75 Å². The second-order valence-electron chi connectivity index (χ2n) is 6.29. The number of sulfonamides is 1. The van der Waals surface area contributed by atoms with Crippen LogP contribution in [-0.4, -0.2) is 44.6 Å². The molecule has 1 N–H and O–H groups in total. The predicted molar refractivity (Wildman–Crippen MR) is 107 cm³/mol. The first kappa shape index (κ1) is 19.7. The quantitative estimate of drug-likeness (QED) is 0.798. The third-order valence-electron chi connectivity index (χ3n) is 4.21. The summed E-state index contributed by atoms with van der Waals surface area (Å²) in [4.78, 5) is 13.8. The molecule has 0 fully saturated rings. The van der Waals surface area contributed by atoms with Gasteiger partial charge in [0.25, 0.3) is 0 Å². The predicted octanol–water partition coefficient (Wildman–Crippen LogP) is 2.99. The molecule has 1 aliphatic heterocycles. The number of ether oxygens (including phenoxy) is 1. The topological polar surface area (TPSA) is 75.7 Å². The zero-order valence-corrected chi connectivity index (χ0v) is 17.1. The zero-order chi connectivity index (χ0) is 19.6. The van der Waals surface area contributed by atoms with Crippen LogP contribution >= 0.6 is 11.8 Å². The Hall–Kier alpha value is -2.03. The largest absolute Gasteiger partial charge is 0.492 e. The summed E-state index contributed by atoms with van der Waals surface area (Å²) in [6, 6.07) is 12.6. The van der Waals surface area contributed by atoms with Gasteiger partial charge in [-0.1, -0.05) is 18.2 Å². The van der Waals surface area contributed by atoms with Gasteiger partial charge in [0.2, 0.25) is 15.9 Å². The first-order valence-electron chi connectivity index (χ1n) is 8.57. The van der Waals surface area contributed by atoms with Crippen LogP contribution in [0.3, 0.4) is 0 Å². The molecule has 0 saturated heterocycles. The second kappa shape index (κ2) is 7.92. The Bertz CT molecular complexity index is 933. The fraction of sp³-hybridized carbons (Fsp3) is 0.316. The molecule has 3 rings (SSSR count). The van der Waals surface area contributed by atoms with Crippen molar-refractivity contribution in [1.29, 1.82) is 0 Å². The number of hydrogen-bond donors (Lipinski definition) is 1. The van der Waals surface area contributed by atoms with E-state index in [2.05, 4.69) is 5.32 Å². The number of amides is 1. The van der Waals surface area contributed by atoms with Crippen molar-refractivity contribution in [3.63, 3.8) is 0 Å². The SMILES string of the molecule is CCOc1ccc(NC(=O)[C@@H]2Cc3ccccc3S2)cc1S(=O)(=O)N(C)C. The van der Waals surface area contributed by atoms with Crippen LogP contribution in [0.1, 0.15) is 12.5 Å². The maximum absolute atomic E-state index is 12.7. The average molecular weight is 407 g/mol. The lowest BCUT2D eigenvalue weighted by molar-refractivity contribution is -0.115. The number of fused-ring (bicyclic) bond motifs is 1. The molecular weight excluding hydrogens is 384 g/mol. The minimum atomic E-state index is -3.70. The van der Waals surface area contributed by atoms with Gasteiger partial charge < -0.3 is 10.1 Å². The molecular formula is C19H22N2O4S2. The van der Waals surface area contributed by atoms with E-state index < -0.39 is 10.0 Å². The van der Waals surface area contributed by atoms with Gasteiger partial charge in [0.1, 0.15) is 10.6 Å². The van der Waals surface area contributed by atoms with Gasteiger partial charge in [0.05, 0.1) is 11.9 Å². The first-order valence-corrected chi connectivity index (χ1v) is 10.9. The van der Waals surface area contributed by atoms with Gasteiger partial charge in [-0.25, -0.2) is 12.7 Å². The Balaban J connectivity index is 1.82. The van der Waals surface area contributed by atoms with E-state index in [4.69, 9.17) is 4.74 Å². The van der Waals surface area contributed by atoms with Crippen LogP contribution in [0.4, 0.5) is 5.69 Å². The van der Waals surface area contributed by atoms with Crippen molar-refractivity contribution in [1.82, 2.24) is 4.31 Å². The van der Waals surface area contributed by atoms with Gasteiger partial charge in [-0.05, 0) is 43.2 Å². The van der Waals surface area contributed by atoms with Crippen molar-refractivity contribution in [2.45, 2.75) is 28.4 Å². The summed E-state index contributed by atoms with van der Waals surface area (Å²) in [5.41, 5.74) is 1.59. The Morgan fingerprint density at radius 3 is 2.67 bits per heavy atom. The summed E-state index contributed by atoms with van der Waals surface area (Å²) in [6.45, 7) is 2.13. The molecule has 0 radical (unpaired) electrons. The molecule has 0 bridgehead atoms. The number of nitrogens with one attached hydrogen (secondary N) is 1. The molecule has 2 aromatic carbocycles. The molecule has 0 spiro atoms.